The molecule has 3 heteroatoms. The second-order valence-electron chi connectivity index (χ2n) is 3.84. The van der Waals surface area contributed by atoms with E-state index in [0.717, 1.165) is 13.1 Å². The number of aliphatic hydroxyl groups excluding tert-OH is 2. The Morgan fingerprint density at radius 1 is 1.07 bits per heavy atom. The maximum absolute atomic E-state index is 9.34. The fraction of sp³-hybridized carbons (Fsp3) is 1.00. The zero-order chi connectivity index (χ0) is 10.8. The molecule has 0 aromatic rings. The fourth-order valence-electron chi connectivity index (χ4n) is 1.41. The zero-order valence-electron chi connectivity index (χ0n) is 9.58. The molecule has 0 amide bonds. The van der Waals surface area contributed by atoms with E-state index in [2.05, 4.69) is 18.7 Å². The lowest BCUT2D eigenvalue weighted by molar-refractivity contribution is 0.0582. The van der Waals surface area contributed by atoms with Crippen molar-refractivity contribution in [2.24, 2.45) is 0 Å². The minimum Gasteiger partial charge on any atom is -0.394 e. The SMILES string of the molecule is CCCCN(CCCC)C[C@H](O)CO. The van der Waals surface area contributed by atoms with Crippen molar-refractivity contribution in [3.05, 3.63) is 0 Å². The highest BCUT2D eigenvalue weighted by Crippen LogP contribution is 2.00. The van der Waals surface area contributed by atoms with Gasteiger partial charge in [-0.15, -0.1) is 0 Å². The molecular weight excluding hydrogens is 178 g/mol. The largest absolute Gasteiger partial charge is 0.394 e. The van der Waals surface area contributed by atoms with Crippen LogP contribution >= 0.6 is 0 Å². The van der Waals surface area contributed by atoms with E-state index in [1.54, 1.807) is 0 Å². The van der Waals surface area contributed by atoms with Crippen molar-refractivity contribution < 1.29 is 10.2 Å². The lowest BCUT2D eigenvalue weighted by Gasteiger charge is -2.23. The van der Waals surface area contributed by atoms with E-state index < -0.39 is 6.10 Å². The number of hydrogen-bond acceptors (Lipinski definition) is 3. The first kappa shape index (κ1) is 13.9. The van der Waals surface area contributed by atoms with Crippen LogP contribution in [0.2, 0.25) is 0 Å². The molecule has 0 radical (unpaired) electrons. The second kappa shape index (κ2) is 9.44. The monoisotopic (exact) mass is 203 g/mol. The third kappa shape index (κ3) is 7.30. The molecule has 0 aliphatic rings. The molecule has 0 saturated heterocycles. The summed E-state index contributed by atoms with van der Waals surface area (Å²) >= 11 is 0. The molecular formula is C11H25NO2. The first-order valence-corrected chi connectivity index (χ1v) is 5.75. The number of aliphatic hydroxyl groups is 2. The average Bonchev–Trinajstić information content (AvgIpc) is 2.21. The summed E-state index contributed by atoms with van der Waals surface area (Å²) in [6, 6.07) is 0. The Hall–Kier alpha value is -0.120. The summed E-state index contributed by atoms with van der Waals surface area (Å²) in [4.78, 5) is 2.24. The number of hydrogen-bond donors (Lipinski definition) is 2. The fourth-order valence-corrected chi connectivity index (χ4v) is 1.41. The molecule has 0 saturated carbocycles. The predicted molar refractivity (Wildman–Crippen MR) is 59.3 cm³/mol. The highest BCUT2D eigenvalue weighted by Gasteiger charge is 2.09. The maximum atomic E-state index is 9.34. The molecule has 14 heavy (non-hydrogen) atoms. The molecule has 0 aliphatic carbocycles. The van der Waals surface area contributed by atoms with Crippen LogP contribution in [0.25, 0.3) is 0 Å². The number of rotatable bonds is 9. The van der Waals surface area contributed by atoms with Crippen LogP contribution in [0.5, 0.6) is 0 Å². The van der Waals surface area contributed by atoms with Gasteiger partial charge in [-0.2, -0.15) is 0 Å². The quantitative estimate of drug-likeness (QED) is 0.592. The number of nitrogens with zero attached hydrogens (tertiary/aromatic N) is 1. The van der Waals surface area contributed by atoms with Crippen molar-refractivity contribution in [3.8, 4) is 0 Å². The Bertz CT molecular complexity index is 112. The summed E-state index contributed by atoms with van der Waals surface area (Å²) < 4.78 is 0. The summed E-state index contributed by atoms with van der Waals surface area (Å²) in [5.74, 6) is 0. The highest BCUT2D eigenvalue weighted by atomic mass is 16.3. The molecule has 0 unspecified atom stereocenters. The molecule has 86 valence electrons. The summed E-state index contributed by atoms with van der Waals surface area (Å²) in [7, 11) is 0. The summed E-state index contributed by atoms with van der Waals surface area (Å²) in [6.45, 7) is 6.88. The van der Waals surface area contributed by atoms with Crippen molar-refractivity contribution in [1.82, 2.24) is 4.90 Å². The van der Waals surface area contributed by atoms with Crippen molar-refractivity contribution in [3.63, 3.8) is 0 Å². The van der Waals surface area contributed by atoms with Gasteiger partial charge in [0.1, 0.15) is 0 Å². The maximum Gasteiger partial charge on any atom is 0.0897 e. The van der Waals surface area contributed by atoms with Crippen LogP contribution in [-0.2, 0) is 0 Å². The molecule has 0 aromatic heterocycles. The van der Waals surface area contributed by atoms with Gasteiger partial charge in [0.05, 0.1) is 12.7 Å². The third-order valence-electron chi connectivity index (χ3n) is 2.34. The molecule has 1 atom stereocenters. The summed E-state index contributed by atoms with van der Waals surface area (Å²) in [5, 5.41) is 18.1. The van der Waals surface area contributed by atoms with Gasteiger partial charge in [-0.25, -0.2) is 0 Å². The first-order chi connectivity index (χ1) is 6.74. The Labute approximate surface area is 87.7 Å². The van der Waals surface area contributed by atoms with Gasteiger partial charge >= 0.3 is 0 Å². The van der Waals surface area contributed by atoms with E-state index in [-0.39, 0.29) is 6.61 Å². The van der Waals surface area contributed by atoms with Gasteiger partial charge in [0, 0.05) is 6.54 Å². The van der Waals surface area contributed by atoms with Crippen LogP contribution in [0.3, 0.4) is 0 Å². The Morgan fingerprint density at radius 2 is 1.57 bits per heavy atom. The van der Waals surface area contributed by atoms with Gasteiger partial charge in [0.2, 0.25) is 0 Å². The molecule has 0 heterocycles. The summed E-state index contributed by atoms with van der Waals surface area (Å²) in [5.41, 5.74) is 0. The molecule has 0 rings (SSSR count). The third-order valence-corrected chi connectivity index (χ3v) is 2.34. The van der Waals surface area contributed by atoms with Crippen molar-refractivity contribution >= 4 is 0 Å². The Balaban J connectivity index is 3.71. The normalized spacial score (nSPS) is 13.5. The zero-order valence-corrected chi connectivity index (χ0v) is 9.58. The van der Waals surface area contributed by atoms with Gasteiger partial charge < -0.3 is 15.1 Å². The molecule has 0 fully saturated rings. The molecule has 0 spiro atoms. The van der Waals surface area contributed by atoms with Crippen molar-refractivity contribution in [2.75, 3.05) is 26.2 Å². The van der Waals surface area contributed by atoms with Crippen LogP contribution in [-0.4, -0.2) is 47.5 Å². The van der Waals surface area contributed by atoms with Gasteiger partial charge in [-0.3, -0.25) is 0 Å². The Morgan fingerprint density at radius 3 is 1.93 bits per heavy atom. The average molecular weight is 203 g/mol. The summed E-state index contributed by atoms with van der Waals surface area (Å²) in [6.07, 6.45) is 4.11. The minimum atomic E-state index is -0.580. The number of unbranched alkanes of at least 4 members (excludes halogenated alkanes) is 2. The standard InChI is InChI=1S/C11H25NO2/c1-3-5-7-12(8-6-4-2)9-11(14)10-13/h11,13-14H,3-10H2,1-2H3/t11-/m0/s1. The van der Waals surface area contributed by atoms with E-state index in [9.17, 15) is 5.11 Å². The lowest BCUT2D eigenvalue weighted by atomic mass is 10.2. The van der Waals surface area contributed by atoms with Crippen LogP contribution in [0, 0.1) is 0 Å². The van der Waals surface area contributed by atoms with Gasteiger partial charge in [0.15, 0.2) is 0 Å². The molecule has 0 aliphatic heterocycles. The molecule has 0 bridgehead atoms. The minimum absolute atomic E-state index is 0.130. The predicted octanol–water partition coefficient (Wildman–Crippen LogP) is 1.24. The Kier molecular flexibility index (Phi) is 9.35. The lowest BCUT2D eigenvalue weighted by Crippen LogP contribution is -2.35. The van der Waals surface area contributed by atoms with Crippen molar-refractivity contribution in [1.29, 1.82) is 0 Å². The second-order valence-corrected chi connectivity index (χ2v) is 3.84. The van der Waals surface area contributed by atoms with E-state index in [1.165, 1.54) is 25.7 Å². The smallest absolute Gasteiger partial charge is 0.0897 e. The van der Waals surface area contributed by atoms with Crippen molar-refractivity contribution in [2.45, 2.75) is 45.6 Å². The van der Waals surface area contributed by atoms with Gasteiger partial charge in [0.25, 0.3) is 0 Å². The topological polar surface area (TPSA) is 43.7 Å². The van der Waals surface area contributed by atoms with Gasteiger partial charge in [-0.05, 0) is 25.9 Å². The van der Waals surface area contributed by atoms with Crippen LogP contribution in [0.1, 0.15) is 39.5 Å². The van der Waals surface area contributed by atoms with E-state index in [1.807, 2.05) is 0 Å². The highest BCUT2D eigenvalue weighted by molar-refractivity contribution is 4.63. The van der Waals surface area contributed by atoms with Gasteiger partial charge in [-0.1, -0.05) is 26.7 Å². The molecule has 2 N–H and O–H groups in total. The van der Waals surface area contributed by atoms with Crippen LogP contribution in [0.4, 0.5) is 0 Å². The molecule has 0 aromatic carbocycles. The molecule has 3 nitrogen and oxygen atoms in total. The van der Waals surface area contributed by atoms with Crippen LogP contribution < -0.4 is 0 Å². The van der Waals surface area contributed by atoms with E-state index >= 15 is 0 Å². The first-order valence-electron chi connectivity index (χ1n) is 5.75. The van der Waals surface area contributed by atoms with Crippen LogP contribution in [0.15, 0.2) is 0 Å². The van der Waals surface area contributed by atoms with E-state index in [4.69, 9.17) is 5.11 Å². The van der Waals surface area contributed by atoms with E-state index in [0.29, 0.717) is 6.54 Å².